The second-order valence-corrected chi connectivity index (χ2v) is 8.49. The lowest BCUT2D eigenvalue weighted by atomic mass is 10.0. The summed E-state index contributed by atoms with van der Waals surface area (Å²) in [5, 5.41) is 5.69. The van der Waals surface area contributed by atoms with Gasteiger partial charge in [0.05, 0.1) is 11.1 Å². The Bertz CT molecular complexity index is 1140. The van der Waals surface area contributed by atoms with Gasteiger partial charge >= 0.3 is 0 Å². The number of aromatic amines is 1. The molecule has 2 amide bonds. The van der Waals surface area contributed by atoms with Gasteiger partial charge in [0.15, 0.2) is 0 Å². The van der Waals surface area contributed by atoms with E-state index < -0.39 is 5.82 Å². The molecule has 1 unspecified atom stereocenters. The van der Waals surface area contributed by atoms with Gasteiger partial charge in [-0.1, -0.05) is 6.58 Å². The van der Waals surface area contributed by atoms with Crippen molar-refractivity contribution in [2.75, 3.05) is 32.1 Å². The average Bonchev–Trinajstić information content (AvgIpc) is 3.48. The van der Waals surface area contributed by atoms with Crippen LogP contribution in [0.4, 0.5) is 10.1 Å². The molecule has 0 aliphatic carbocycles. The van der Waals surface area contributed by atoms with Gasteiger partial charge in [-0.3, -0.25) is 9.59 Å². The quantitative estimate of drug-likeness (QED) is 0.560. The van der Waals surface area contributed by atoms with Gasteiger partial charge < -0.3 is 25.3 Å². The normalized spacial score (nSPS) is 17.3. The largest absolute Gasteiger partial charge is 0.373 e. The summed E-state index contributed by atoms with van der Waals surface area (Å²) in [4.78, 5) is 30.9. The molecule has 174 valence electrons. The lowest BCUT2D eigenvalue weighted by Crippen LogP contribution is -2.38. The zero-order valence-corrected chi connectivity index (χ0v) is 19.2. The minimum Gasteiger partial charge on any atom is -0.373 e. The van der Waals surface area contributed by atoms with Crippen molar-refractivity contribution in [3.8, 4) is 0 Å². The van der Waals surface area contributed by atoms with Gasteiger partial charge in [0, 0.05) is 55.1 Å². The van der Waals surface area contributed by atoms with Crippen LogP contribution in [0.3, 0.4) is 0 Å². The highest BCUT2D eigenvalue weighted by Crippen LogP contribution is 2.34. The molecule has 1 aromatic carbocycles. The smallest absolute Gasteiger partial charge is 0.256 e. The molecule has 0 saturated carbocycles. The summed E-state index contributed by atoms with van der Waals surface area (Å²) in [6, 6.07) is 4.17. The summed E-state index contributed by atoms with van der Waals surface area (Å²) < 4.78 is 19.3. The topological polar surface area (TPSA) is 86.5 Å². The average molecular weight is 453 g/mol. The van der Waals surface area contributed by atoms with Crippen LogP contribution < -0.4 is 10.6 Å². The highest BCUT2D eigenvalue weighted by Gasteiger charge is 2.27. The first kappa shape index (κ1) is 22.8. The monoisotopic (exact) mass is 452 g/mol. The van der Waals surface area contributed by atoms with Crippen LogP contribution in [-0.2, 0) is 9.53 Å². The zero-order chi connectivity index (χ0) is 23.7. The summed E-state index contributed by atoms with van der Waals surface area (Å²) in [6.07, 6.45) is 3.63. The van der Waals surface area contributed by atoms with Gasteiger partial charge in [-0.05, 0) is 56.5 Å². The molecule has 1 fully saturated rings. The van der Waals surface area contributed by atoms with E-state index in [-0.39, 0.29) is 17.9 Å². The summed E-state index contributed by atoms with van der Waals surface area (Å²) in [6.45, 7) is 10.0. The fourth-order valence-electron chi connectivity index (χ4n) is 4.53. The molecule has 0 bridgehead atoms. The molecule has 1 atom stereocenters. The third-order valence-electron chi connectivity index (χ3n) is 6.37. The van der Waals surface area contributed by atoms with Gasteiger partial charge in [0.1, 0.15) is 11.9 Å². The number of hydrogen-bond acceptors (Lipinski definition) is 4. The lowest BCUT2D eigenvalue weighted by molar-refractivity contribution is -0.110. The van der Waals surface area contributed by atoms with Crippen LogP contribution in [-0.4, -0.2) is 54.5 Å². The number of anilines is 1. The van der Waals surface area contributed by atoms with Crippen molar-refractivity contribution in [3.05, 3.63) is 64.4 Å². The minimum atomic E-state index is -0.418. The van der Waals surface area contributed by atoms with Gasteiger partial charge in [0.25, 0.3) is 11.8 Å². The van der Waals surface area contributed by atoms with Crippen LogP contribution in [0.1, 0.15) is 45.7 Å². The van der Waals surface area contributed by atoms with Gasteiger partial charge in [-0.2, -0.15) is 0 Å². The van der Waals surface area contributed by atoms with Crippen molar-refractivity contribution in [3.63, 3.8) is 0 Å². The van der Waals surface area contributed by atoms with E-state index in [0.29, 0.717) is 45.9 Å². The molecule has 33 heavy (non-hydrogen) atoms. The number of nitrogens with one attached hydrogen (secondary N) is 3. The Labute approximate surface area is 192 Å². The van der Waals surface area contributed by atoms with Crippen LogP contribution in [0, 0.1) is 19.7 Å². The molecule has 3 heterocycles. The number of carbonyl (C=O) groups excluding carboxylic acids is 2. The predicted molar refractivity (Wildman–Crippen MR) is 126 cm³/mol. The maximum Gasteiger partial charge on any atom is 0.256 e. The first-order valence-corrected chi connectivity index (χ1v) is 11.1. The van der Waals surface area contributed by atoms with E-state index in [4.69, 9.17) is 4.74 Å². The molecule has 2 aliphatic rings. The van der Waals surface area contributed by atoms with Crippen LogP contribution in [0.15, 0.2) is 30.5 Å². The Morgan fingerprint density at radius 1 is 1.33 bits per heavy atom. The SMILES string of the molecule is C=C(C(CNC(=O)c1c(C)[nH]c(/C=C2\C(=O)Nc3ccc(F)cc32)c1C)OC)N1CCCC1. The number of benzene rings is 1. The number of amides is 2. The van der Waals surface area contributed by atoms with E-state index in [1.807, 2.05) is 13.8 Å². The number of hydrogen-bond donors (Lipinski definition) is 3. The van der Waals surface area contributed by atoms with Crippen molar-refractivity contribution in [1.82, 2.24) is 15.2 Å². The maximum absolute atomic E-state index is 13.7. The Morgan fingerprint density at radius 3 is 2.76 bits per heavy atom. The molecular formula is C25H29FN4O3. The maximum atomic E-state index is 13.7. The molecular weight excluding hydrogens is 423 g/mol. The molecule has 2 aromatic rings. The number of aromatic nitrogens is 1. The first-order chi connectivity index (χ1) is 15.8. The van der Waals surface area contributed by atoms with E-state index in [1.54, 1.807) is 13.2 Å². The number of carbonyl (C=O) groups is 2. The number of fused-ring (bicyclic) bond motifs is 1. The number of halogens is 1. The van der Waals surface area contributed by atoms with Crippen LogP contribution in [0.2, 0.25) is 0 Å². The summed E-state index contributed by atoms with van der Waals surface area (Å²) in [5.74, 6) is -0.958. The molecule has 8 heteroatoms. The molecule has 2 aliphatic heterocycles. The zero-order valence-electron chi connectivity index (χ0n) is 19.2. The number of H-pyrrole nitrogens is 1. The van der Waals surface area contributed by atoms with E-state index in [1.165, 1.54) is 18.2 Å². The highest BCUT2D eigenvalue weighted by molar-refractivity contribution is 6.34. The van der Waals surface area contributed by atoms with Gasteiger partial charge in [-0.15, -0.1) is 0 Å². The predicted octanol–water partition coefficient (Wildman–Crippen LogP) is 3.62. The number of nitrogens with zero attached hydrogens (tertiary/aromatic N) is 1. The van der Waals surface area contributed by atoms with Crippen molar-refractivity contribution in [2.45, 2.75) is 32.8 Å². The third kappa shape index (κ3) is 4.43. The Hall–Kier alpha value is -3.39. The number of methoxy groups -OCH3 is 1. The lowest BCUT2D eigenvalue weighted by Gasteiger charge is -2.27. The minimum absolute atomic E-state index is 0.232. The van der Waals surface area contributed by atoms with E-state index >= 15 is 0 Å². The fraction of sp³-hybridized carbons (Fsp3) is 0.360. The summed E-state index contributed by atoms with van der Waals surface area (Å²) in [5.41, 5.74) is 4.83. The highest BCUT2D eigenvalue weighted by atomic mass is 19.1. The van der Waals surface area contributed by atoms with Gasteiger partial charge in [-0.25, -0.2) is 4.39 Å². The molecule has 3 N–H and O–H groups in total. The Kier molecular flexibility index (Phi) is 6.37. The Morgan fingerprint density at radius 2 is 2.06 bits per heavy atom. The van der Waals surface area contributed by atoms with Crippen LogP contribution in [0.25, 0.3) is 11.6 Å². The van der Waals surface area contributed by atoms with Crippen LogP contribution >= 0.6 is 0 Å². The van der Waals surface area contributed by atoms with E-state index in [0.717, 1.165) is 31.6 Å². The molecule has 1 saturated heterocycles. The number of rotatable bonds is 7. The molecule has 1 aromatic heterocycles. The first-order valence-electron chi connectivity index (χ1n) is 11.1. The van der Waals surface area contributed by atoms with Crippen molar-refractivity contribution < 1.29 is 18.7 Å². The van der Waals surface area contributed by atoms with E-state index in [2.05, 4.69) is 27.1 Å². The standard InChI is InChI=1S/C25H29FN4O3/c1-14-21(12-19-18-11-17(26)7-8-20(18)29-24(19)31)28-15(2)23(14)25(32)27-13-22(33-4)16(3)30-9-5-6-10-30/h7-8,11-12,22,28H,3,5-6,9-10,13H2,1-2,4H3,(H,27,32)(H,29,31)/b19-12-. The van der Waals surface area contributed by atoms with Crippen molar-refractivity contribution in [1.29, 1.82) is 0 Å². The summed E-state index contributed by atoms with van der Waals surface area (Å²) in [7, 11) is 1.61. The Balaban J connectivity index is 1.52. The second kappa shape index (κ2) is 9.23. The number of likely N-dealkylation sites (tertiary alicyclic amines) is 1. The van der Waals surface area contributed by atoms with Crippen molar-refractivity contribution >= 4 is 29.2 Å². The third-order valence-corrected chi connectivity index (χ3v) is 6.37. The van der Waals surface area contributed by atoms with Crippen LogP contribution in [0.5, 0.6) is 0 Å². The second-order valence-electron chi connectivity index (χ2n) is 8.49. The summed E-state index contributed by atoms with van der Waals surface area (Å²) >= 11 is 0. The van der Waals surface area contributed by atoms with Crippen molar-refractivity contribution in [2.24, 2.45) is 0 Å². The molecule has 4 rings (SSSR count). The fourth-order valence-corrected chi connectivity index (χ4v) is 4.53. The van der Waals surface area contributed by atoms with Gasteiger partial charge in [0.2, 0.25) is 0 Å². The molecule has 7 nitrogen and oxygen atoms in total. The van der Waals surface area contributed by atoms with E-state index in [9.17, 15) is 14.0 Å². The molecule has 0 spiro atoms. The number of aryl methyl sites for hydroxylation is 1. The number of ether oxygens (including phenoxy) is 1. The molecule has 0 radical (unpaired) electrons.